The minimum atomic E-state index is -0.896. The molecular weight excluding hydrogens is 282 g/mol. The molecule has 2 atom stereocenters. The van der Waals surface area contributed by atoms with Gasteiger partial charge in [0, 0.05) is 19.5 Å². The number of amides is 1. The summed E-state index contributed by atoms with van der Waals surface area (Å²) in [6.45, 7) is 5.41. The van der Waals surface area contributed by atoms with Crippen LogP contribution in [0, 0.1) is 6.92 Å². The molecule has 1 N–H and O–H groups in total. The van der Waals surface area contributed by atoms with Crippen LogP contribution in [0.1, 0.15) is 36.8 Å². The first kappa shape index (κ1) is 16.5. The molecule has 0 aliphatic carbocycles. The van der Waals surface area contributed by atoms with Gasteiger partial charge in [-0.15, -0.1) is 0 Å². The molecule has 1 saturated heterocycles. The fraction of sp³-hybridized carbons (Fsp3) is 0.529. The topological polar surface area (TPSA) is 66.8 Å². The van der Waals surface area contributed by atoms with Crippen molar-refractivity contribution < 1.29 is 19.4 Å². The van der Waals surface area contributed by atoms with E-state index in [1.165, 1.54) is 11.1 Å². The van der Waals surface area contributed by atoms with Gasteiger partial charge in [0.1, 0.15) is 0 Å². The zero-order valence-electron chi connectivity index (χ0n) is 13.1. The van der Waals surface area contributed by atoms with E-state index in [1.54, 1.807) is 4.90 Å². The second-order valence-corrected chi connectivity index (χ2v) is 5.89. The molecule has 1 aliphatic rings. The van der Waals surface area contributed by atoms with Gasteiger partial charge in [0.25, 0.3) is 0 Å². The molecule has 1 aliphatic heterocycles. The molecule has 5 heteroatoms. The van der Waals surface area contributed by atoms with Crippen LogP contribution in [-0.4, -0.2) is 47.7 Å². The number of rotatable bonds is 5. The minimum absolute atomic E-state index is 0.0584. The van der Waals surface area contributed by atoms with Crippen LogP contribution in [0.3, 0.4) is 0 Å². The first-order valence-electron chi connectivity index (χ1n) is 7.64. The first-order chi connectivity index (χ1) is 10.5. The molecule has 0 spiro atoms. The van der Waals surface area contributed by atoms with Crippen LogP contribution < -0.4 is 0 Å². The Labute approximate surface area is 130 Å². The predicted octanol–water partition coefficient (Wildman–Crippen LogP) is 2.19. The third-order valence-corrected chi connectivity index (χ3v) is 4.09. The van der Waals surface area contributed by atoms with Gasteiger partial charge < -0.3 is 14.7 Å². The number of carbonyl (C=O) groups is 2. The average molecular weight is 305 g/mol. The van der Waals surface area contributed by atoms with Gasteiger partial charge >= 0.3 is 5.97 Å². The number of hydrogen-bond acceptors (Lipinski definition) is 3. The maximum atomic E-state index is 12.4. The maximum absolute atomic E-state index is 12.4. The van der Waals surface area contributed by atoms with E-state index in [-0.39, 0.29) is 18.2 Å². The van der Waals surface area contributed by atoms with E-state index in [4.69, 9.17) is 9.84 Å². The van der Waals surface area contributed by atoms with Crippen LogP contribution in [0.4, 0.5) is 0 Å². The van der Waals surface area contributed by atoms with Crippen LogP contribution in [0.15, 0.2) is 24.3 Å². The van der Waals surface area contributed by atoms with Crippen molar-refractivity contribution in [3.8, 4) is 0 Å². The molecule has 0 aromatic heterocycles. The smallest absolute Gasteiger partial charge is 0.306 e. The van der Waals surface area contributed by atoms with Crippen molar-refractivity contribution >= 4 is 11.9 Å². The Bertz CT molecular complexity index is 543. The Morgan fingerprint density at radius 1 is 1.41 bits per heavy atom. The van der Waals surface area contributed by atoms with Crippen LogP contribution >= 0.6 is 0 Å². The minimum Gasteiger partial charge on any atom is -0.481 e. The summed E-state index contributed by atoms with van der Waals surface area (Å²) in [5.74, 6) is -0.684. The molecule has 0 bridgehead atoms. The van der Waals surface area contributed by atoms with Crippen molar-refractivity contribution in [2.45, 2.75) is 38.7 Å². The lowest BCUT2D eigenvalue weighted by Gasteiger charge is -2.33. The highest BCUT2D eigenvalue weighted by Crippen LogP contribution is 2.23. The Kier molecular flexibility index (Phi) is 5.55. The summed E-state index contributed by atoms with van der Waals surface area (Å²) in [6.07, 6.45) is -0.0223. The summed E-state index contributed by atoms with van der Waals surface area (Å²) in [6, 6.07) is 8.08. The van der Waals surface area contributed by atoms with E-state index in [9.17, 15) is 9.59 Å². The fourth-order valence-electron chi connectivity index (χ4n) is 2.90. The number of nitrogens with zero attached hydrogens (tertiary/aromatic N) is 1. The van der Waals surface area contributed by atoms with Crippen molar-refractivity contribution in [3.63, 3.8) is 0 Å². The number of ether oxygens (including phenoxy) is 1. The zero-order chi connectivity index (χ0) is 16.1. The second kappa shape index (κ2) is 7.40. The summed E-state index contributed by atoms with van der Waals surface area (Å²) in [4.78, 5) is 24.9. The number of aryl methyl sites for hydroxylation is 1. The van der Waals surface area contributed by atoms with Gasteiger partial charge in [0.15, 0.2) is 0 Å². The molecule has 1 fully saturated rings. The van der Waals surface area contributed by atoms with E-state index in [0.717, 1.165) is 0 Å². The standard InChI is InChI=1S/C17H23NO4/c1-12-5-3-4-6-15(12)13(2)9-16(19)18-7-8-22-14(11-18)10-17(20)21/h3-6,13-14H,7-11H2,1-2H3,(H,20,21)/t13-,14-/m0/s1. The van der Waals surface area contributed by atoms with Gasteiger partial charge in [-0.1, -0.05) is 31.2 Å². The normalized spacial score (nSPS) is 19.7. The van der Waals surface area contributed by atoms with Gasteiger partial charge in [0.2, 0.25) is 5.91 Å². The number of carboxylic acid groups (broad SMARTS) is 1. The molecule has 0 unspecified atom stereocenters. The summed E-state index contributed by atoms with van der Waals surface area (Å²) < 4.78 is 5.40. The summed E-state index contributed by atoms with van der Waals surface area (Å²) in [7, 11) is 0. The Hall–Kier alpha value is -1.88. The predicted molar refractivity (Wildman–Crippen MR) is 82.8 cm³/mol. The molecule has 1 aromatic carbocycles. The molecule has 0 radical (unpaired) electrons. The van der Waals surface area contributed by atoms with Crippen LogP contribution in [0.2, 0.25) is 0 Å². The molecule has 5 nitrogen and oxygen atoms in total. The number of aliphatic carboxylic acids is 1. The lowest BCUT2D eigenvalue weighted by molar-refractivity contribution is -0.147. The highest BCUT2D eigenvalue weighted by Gasteiger charge is 2.27. The van der Waals surface area contributed by atoms with Crippen molar-refractivity contribution in [1.82, 2.24) is 4.90 Å². The van der Waals surface area contributed by atoms with Crippen LogP contribution in [-0.2, 0) is 14.3 Å². The zero-order valence-corrected chi connectivity index (χ0v) is 13.1. The van der Waals surface area contributed by atoms with Crippen molar-refractivity contribution in [2.75, 3.05) is 19.7 Å². The molecule has 2 rings (SSSR count). The molecule has 120 valence electrons. The number of carboxylic acids is 1. The lowest BCUT2D eigenvalue weighted by atomic mass is 9.93. The Morgan fingerprint density at radius 3 is 2.82 bits per heavy atom. The highest BCUT2D eigenvalue weighted by molar-refractivity contribution is 5.77. The Balaban J connectivity index is 1.94. The van der Waals surface area contributed by atoms with Gasteiger partial charge in [-0.25, -0.2) is 0 Å². The first-order valence-corrected chi connectivity index (χ1v) is 7.64. The third-order valence-electron chi connectivity index (χ3n) is 4.09. The molecular formula is C17H23NO4. The average Bonchev–Trinajstić information content (AvgIpc) is 2.47. The van der Waals surface area contributed by atoms with E-state index < -0.39 is 12.1 Å². The van der Waals surface area contributed by atoms with Gasteiger partial charge in [-0.2, -0.15) is 0 Å². The summed E-state index contributed by atoms with van der Waals surface area (Å²) >= 11 is 0. The van der Waals surface area contributed by atoms with Crippen molar-refractivity contribution in [2.24, 2.45) is 0 Å². The second-order valence-electron chi connectivity index (χ2n) is 5.89. The SMILES string of the molecule is Cc1ccccc1[C@@H](C)CC(=O)N1CCO[C@@H](CC(=O)O)C1. The van der Waals surface area contributed by atoms with Gasteiger partial charge in [0.05, 0.1) is 19.1 Å². The van der Waals surface area contributed by atoms with Crippen LogP contribution in [0.25, 0.3) is 0 Å². The van der Waals surface area contributed by atoms with E-state index in [1.807, 2.05) is 25.1 Å². The Morgan fingerprint density at radius 2 is 2.14 bits per heavy atom. The number of hydrogen-bond donors (Lipinski definition) is 1. The molecule has 22 heavy (non-hydrogen) atoms. The van der Waals surface area contributed by atoms with Gasteiger partial charge in [-0.05, 0) is 24.0 Å². The van der Waals surface area contributed by atoms with E-state index >= 15 is 0 Å². The third kappa shape index (κ3) is 4.31. The monoisotopic (exact) mass is 305 g/mol. The largest absolute Gasteiger partial charge is 0.481 e. The molecule has 1 amide bonds. The van der Waals surface area contributed by atoms with Crippen LogP contribution in [0.5, 0.6) is 0 Å². The maximum Gasteiger partial charge on any atom is 0.306 e. The fourth-order valence-corrected chi connectivity index (χ4v) is 2.90. The number of morpholine rings is 1. The van der Waals surface area contributed by atoms with Gasteiger partial charge in [-0.3, -0.25) is 9.59 Å². The quantitative estimate of drug-likeness (QED) is 0.905. The van der Waals surface area contributed by atoms with E-state index in [0.29, 0.717) is 26.1 Å². The summed E-state index contributed by atoms with van der Waals surface area (Å²) in [5, 5.41) is 8.83. The lowest BCUT2D eigenvalue weighted by Crippen LogP contribution is -2.46. The molecule has 1 heterocycles. The number of benzene rings is 1. The van der Waals surface area contributed by atoms with E-state index in [2.05, 4.69) is 13.0 Å². The molecule has 1 aromatic rings. The van der Waals surface area contributed by atoms with Crippen molar-refractivity contribution in [1.29, 1.82) is 0 Å². The highest BCUT2D eigenvalue weighted by atomic mass is 16.5. The summed E-state index contributed by atoms with van der Waals surface area (Å²) in [5.41, 5.74) is 2.37. The number of carbonyl (C=O) groups excluding carboxylic acids is 1. The van der Waals surface area contributed by atoms with Crippen molar-refractivity contribution in [3.05, 3.63) is 35.4 Å². The molecule has 0 saturated carbocycles.